The molecule has 0 bridgehead atoms. The van der Waals surface area contributed by atoms with Gasteiger partial charge in [-0.3, -0.25) is 0 Å². The summed E-state index contributed by atoms with van der Waals surface area (Å²) in [6.07, 6.45) is 2.39. The van der Waals surface area contributed by atoms with Crippen LogP contribution in [0.1, 0.15) is 27.2 Å². The molecule has 0 saturated heterocycles. The quantitative estimate of drug-likeness (QED) is 0.544. The molecule has 2 aromatic rings. The SMILES string of the molecule is CC1=Cc2c(-c3ccc(C)cc3)cccc2[CH]1[Zr+2][O][SiH](C)C.[Cl-].[Cl-]. The summed E-state index contributed by atoms with van der Waals surface area (Å²) in [6, 6.07) is 15.6. The molecule has 0 aromatic heterocycles. The molecule has 2 aromatic carbocycles. The van der Waals surface area contributed by atoms with Gasteiger partial charge in [0.25, 0.3) is 0 Å². The second-order valence-electron chi connectivity index (χ2n) is 6.28. The van der Waals surface area contributed by atoms with Crippen molar-refractivity contribution in [3.63, 3.8) is 0 Å². The average Bonchev–Trinajstić information content (AvgIpc) is 2.81. The van der Waals surface area contributed by atoms with Gasteiger partial charge in [0.15, 0.2) is 0 Å². The van der Waals surface area contributed by atoms with Crippen molar-refractivity contribution in [3.05, 3.63) is 64.7 Å². The van der Waals surface area contributed by atoms with Gasteiger partial charge in [-0.15, -0.1) is 0 Å². The van der Waals surface area contributed by atoms with E-state index < -0.39 is 32.7 Å². The Balaban J connectivity index is 0.00000144. The average molecular weight is 457 g/mol. The van der Waals surface area contributed by atoms with E-state index in [1.54, 1.807) is 0 Å². The van der Waals surface area contributed by atoms with Crippen LogP contribution >= 0.6 is 0 Å². The maximum Gasteiger partial charge on any atom is -1.00 e. The summed E-state index contributed by atoms with van der Waals surface area (Å²) in [4.78, 5) is 0. The molecule has 0 fully saturated rings. The molecule has 1 atom stereocenters. The van der Waals surface area contributed by atoms with E-state index in [1.807, 2.05) is 0 Å². The first-order valence-corrected chi connectivity index (χ1v) is 13.1. The molecule has 0 amide bonds. The van der Waals surface area contributed by atoms with Crippen molar-refractivity contribution >= 4 is 15.1 Å². The standard InChI is InChI=1S/C17H15.C2H7OSi.2ClH.Zr/c1-12-6-8-14(9-7-12)16-5-3-4-15-10-13(2)11-17(15)16;1-4(2)3;;;/h3-11H,1-2H3;4H,1-2H3;2*1H;/q;-1;;;+3/p-2. The number of hydrogen-bond acceptors (Lipinski definition) is 1. The van der Waals surface area contributed by atoms with Crippen molar-refractivity contribution in [2.24, 2.45) is 0 Å². The topological polar surface area (TPSA) is 9.23 Å². The molecule has 0 radical (unpaired) electrons. The third kappa shape index (κ3) is 4.71. The molecule has 1 aliphatic rings. The van der Waals surface area contributed by atoms with Crippen LogP contribution in [0.25, 0.3) is 17.2 Å². The minimum absolute atomic E-state index is 0. The van der Waals surface area contributed by atoms with Crippen LogP contribution in [0.3, 0.4) is 0 Å². The summed E-state index contributed by atoms with van der Waals surface area (Å²) >= 11 is -0.828. The van der Waals surface area contributed by atoms with Crippen LogP contribution < -0.4 is 24.8 Å². The zero-order chi connectivity index (χ0) is 15.7. The Morgan fingerprint density at radius 1 is 0.958 bits per heavy atom. The first-order valence-electron chi connectivity index (χ1n) is 7.85. The molecular formula is C19H22Cl2OSiZr. The van der Waals surface area contributed by atoms with Crippen LogP contribution in [-0.4, -0.2) is 9.04 Å². The Morgan fingerprint density at radius 2 is 1.62 bits per heavy atom. The fourth-order valence-corrected chi connectivity index (χ4v) is 7.91. The van der Waals surface area contributed by atoms with Gasteiger partial charge in [0.1, 0.15) is 0 Å². The maximum atomic E-state index is 6.18. The van der Waals surface area contributed by atoms with Gasteiger partial charge in [-0.2, -0.15) is 0 Å². The summed E-state index contributed by atoms with van der Waals surface area (Å²) in [5, 5.41) is 0. The summed E-state index contributed by atoms with van der Waals surface area (Å²) < 4.78 is 6.78. The number of hydrogen-bond donors (Lipinski definition) is 0. The van der Waals surface area contributed by atoms with Gasteiger partial charge < -0.3 is 24.8 Å². The second kappa shape index (κ2) is 9.50. The van der Waals surface area contributed by atoms with Crippen molar-refractivity contribution < 1.29 is 51.0 Å². The minimum Gasteiger partial charge on any atom is -1.00 e. The summed E-state index contributed by atoms with van der Waals surface area (Å²) in [5.41, 5.74) is 8.40. The van der Waals surface area contributed by atoms with Gasteiger partial charge in [0.05, 0.1) is 0 Å². The van der Waals surface area contributed by atoms with Crippen LogP contribution in [0.4, 0.5) is 0 Å². The Kier molecular flexibility index (Phi) is 8.65. The van der Waals surface area contributed by atoms with Crippen LogP contribution in [0.2, 0.25) is 13.1 Å². The molecule has 0 heterocycles. The molecule has 1 unspecified atom stereocenters. The zero-order valence-corrected chi connectivity index (χ0v) is 19.6. The summed E-state index contributed by atoms with van der Waals surface area (Å²) in [5.74, 6) is 0. The molecule has 3 rings (SSSR count). The fourth-order valence-electron chi connectivity index (χ4n) is 2.90. The Bertz CT molecular complexity index is 714. The molecule has 0 aliphatic heterocycles. The predicted molar refractivity (Wildman–Crippen MR) is 93.0 cm³/mol. The molecule has 0 N–H and O–H groups in total. The number of halogens is 2. The molecule has 1 aliphatic carbocycles. The molecule has 5 heteroatoms. The number of fused-ring (bicyclic) bond motifs is 1. The maximum absolute atomic E-state index is 6.18. The van der Waals surface area contributed by atoms with E-state index in [0.717, 1.165) is 0 Å². The van der Waals surface area contributed by atoms with Crippen LogP contribution in [0.15, 0.2) is 48.0 Å². The first-order chi connectivity index (χ1) is 10.6. The van der Waals surface area contributed by atoms with Gasteiger partial charge in [0.2, 0.25) is 0 Å². The summed E-state index contributed by atoms with van der Waals surface area (Å²) in [7, 11) is -0.897. The molecule has 0 saturated carbocycles. The number of benzene rings is 2. The van der Waals surface area contributed by atoms with Gasteiger partial charge >= 0.3 is 148 Å². The van der Waals surface area contributed by atoms with Gasteiger partial charge in [0, 0.05) is 0 Å². The van der Waals surface area contributed by atoms with Crippen LogP contribution in [0, 0.1) is 6.92 Å². The van der Waals surface area contributed by atoms with E-state index >= 15 is 0 Å². The third-order valence-corrected chi connectivity index (χ3v) is 11.6. The Labute approximate surface area is 171 Å². The summed E-state index contributed by atoms with van der Waals surface area (Å²) in [6.45, 7) is 8.96. The number of rotatable bonds is 4. The molecule has 126 valence electrons. The Morgan fingerprint density at radius 3 is 2.25 bits per heavy atom. The Hall–Kier alpha value is -0.180. The minimum atomic E-state index is -0.897. The van der Waals surface area contributed by atoms with Crippen molar-refractivity contribution in [1.82, 2.24) is 0 Å². The van der Waals surface area contributed by atoms with Gasteiger partial charge in [-0.05, 0) is 0 Å². The van der Waals surface area contributed by atoms with Crippen molar-refractivity contribution in [3.8, 4) is 11.1 Å². The predicted octanol–water partition coefficient (Wildman–Crippen LogP) is -0.874. The first kappa shape index (κ1) is 21.9. The van der Waals surface area contributed by atoms with E-state index in [0.29, 0.717) is 3.63 Å². The molecule has 0 spiro atoms. The molecular weight excluding hydrogens is 434 g/mol. The monoisotopic (exact) mass is 454 g/mol. The van der Waals surface area contributed by atoms with E-state index in [-0.39, 0.29) is 24.8 Å². The molecule has 1 nitrogen and oxygen atoms in total. The van der Waals surface area contributed by atoms with Crippen molar-refractivity contribution in [1.29, 1.82) is 0 Å². The van der Waals surface area contributed by atoms with Crippen LogP contribution in [-0.2, 0) is 26.2 Å². The normalized spacial score (nSPS) is 15.0. The van der Waals surface area contributed by atoms with Crippen LogP contribution in [0.5, 0.6) is 0 Å². The molecule has 24 heavy (non-hydrogen) atoms. The van der Waals surface area contributed by atoms with E-state index in [1.165, 1.54) is 33.4 Å². The fraction of sp³-hybridized carbons (Fsp3) is 0.263. The van der Waals surface area contributed by atoms with E-state index in [2.05, 4.69) is 75.5 Å². The largest absolute Gasteiger partial charge is 1.00 e. The van der Waals surface area contributed by atoms with Gasteiger partial charge in [-0.1, -0.05) is 0 Å². The third-order valence-electron chi connectivity index (χ3n) is 4.06. The second-order valence-corrected chi connectivity index (χ2v) is 12.4. The number of aryl methyl sites for hydroxylation is 1. The number of allylic oxidation sites excluding steroid dienone is 1. The van der Waals surface area contributed by atoms with Gasteiger partial charge in [-0.25, -0.2) is 0 Å². The van der Waals surface area contributed by atoms with E-state index in [9.17, 15) is 0 Å². The van der Waals surface area contributed by atoms with Crippen molar-refractivity contribution in [2.75, 3.05) is 0 Å². The smallest absolute Gasteiger partial charge is 1.00 e. The van der Waals surface area contributed by atoms with Crippen molar-refractivity contribution in [2.45, 2.75) is 30.6 Å². The zero-order valence-electron chi connectivity index (χ0n) is 14.4. The van der Waals surface area contributed by atoms with E-state index in [4.69, 9.17) is 2.50 Å².